The SMILES string of the molecule is O=C(O)CC1(O)CCN(c2ccccc2F)C1. The molecule has 5 heteroatoms. The van der Waals surface area contributed by atoms with Gasteiger partial charge in [0.15, 0.2) is 0 Å². The number of nitrogens with zero attached hydrogens (tertiary/aromatic N) is 1. The fraction of sp³-hybridized carbons (Fsp3) is 0.417. The lowest BCUT2D eigenvalue weighted by Crippen LogP contribution is -2.35. The fourth-order valence-electron chi connectivity index (χ4n) is 2.20. The van der Waals surface area contributed by atoms with Crippen LogP contribution < -0.4 is 4.90 Å². The number of hydrogen-bond donors (Lipinski definition) is 2. The fourth-order valence-corrected chi connectivity index (χ4v) is 2.20. The van der Waals surface area contributed by atoms with E-state index in [0.717, 1.165) is 0 Å². The molecule has 2 N–H and O–H groups in total. The largest absolute Gasteiger partial charge is 0.481 e. The van der Waals surface area contributed by atoms with E-state index >= 15 is 0 Å². The standard InChI is InChI=1S/C12H14FNO3/c13-9-3-1-2-4-10(9)14-6-5-12(17,8-14)7-11(15)16/h1-4,17H,5-8H2,(H,15,16). The number of rotatable bonds is 3. The molecule has 1 atom stereocenters. The maximum Gasteiger partial charge on any atom is 0.306 e. The number of aliphatic carboxylic acids is 1. The lowest BCUT2D eigenvalue weighted by molar-refractivity contribution is -0.141. The van der Waals surface area contributed by atoms with Crippen LogP contribution in [0.2, 0.25) is 0 Å². The summed E-state index contributed by atoms with van der Waals surface area (Å²) < 4.78 is 13.5. The van der Waals surface area contributed by atoms with E-state index < -0.39 is 11.6 Å². The molecule has 4 nitrogen and oxygen atoms in total. The van der Waals surface area contributed by atoms with E-state index in [9.17, 15) is 14.3 Å². The van der Waals surface area contributed by atoms with Crippen molar-refractivity contribution in [2.75, 3.05) is 18.0 Å². The molecule has 92 valence electrons. The van der Waals surface area contributed by atoms with Crippen LogP contribution in [0.15, 0.2) is 24.3 Å². The Labute approximate surface area is 98.3 Å². The third kappa shape index (κ3) is 2.55. The Balaban J connectivity index is 2.13. The molecular weight excluding hydrogens is 225 g/mol. The van der Waals surface area contributed by atoms with E-state index in [1.54, 1.807) is 23.1 Å². The lowest BCUT2D eigenvalue weighted by Gasteiger charge is -2.23. The van der Waals surface area contributed by atoms with Crippen LogP contribution in [0.5, 0.6) is 0 Å². The summed E-state index contributed by atoms with van der Waals surface area (Å²) in [7, 11) is 0. The van der Waals surface area contributed by atoms with Crippen molar-refractivity contribution in [2.45, 2.75) is 18.4 Å². The highest BCUT2D eigenvalue weighted by atomic mass is 19.1. The van der Waals surface area contributed by atoms with E-state index in [2.05, 4.69) is 0 Å². The second-order valence-electron chi connectivity index (χ2n) is 4.42. The first-order valence-electron chi connectivity index (χ1n) is 5.44. The van der Waals surface area contributed by atoms with Gasteiger partial charge in [-0.1, -0.05) is 12.1 Å². The summed E-state index contributed by atoms with van der Waals surface area (Å²) in [6.07, 6.45) is 0.0333. The van der Waals surface area contributed by atoms with E-state index in [1.807, 2.05) is 0 Å². The van der Waals surface area contributed by atoms with Crippen LogP contribution in [-0.2, 0) is 4.79 Å². The average molecular weight is 239 g/mol. The topological polar surface area (TPSA) is 60.8 Å². The van der Waals surface area contributed by atoms with E-state index in [1.165, 1.54) is 6.07 Å². The third-order valence-corrected chi connectivity index (χ3v) is 3.01. The van der Waals surface area contributed by atoms with Crippen LogP contribution in [0.1, 0.15) is 12.8 Å². The normalized spacial score (nSPS) is 24.0. The highest BCUT2D eigenvalue weighted by Gasteiger charge is 2.38. The smallest absolute Gasteiger partial charge is 0.306 e. The molecule has 0 bridgehead atoms. The minimum absolute atomic E-state index is 0.153. The molecule has 0 aromatic heterocycles. The van der Waals surface area contributed by atoms with Crippen LogP contribution in [0.25, 0.3) is 0 Å². The Morgan fingerprint density at radius 2 is 2.18 bits per heavy atom. The molecule has 1 saturated heterocycles. The van der Waals surface area contributed by atoms with Crippen molar-refractivity contribution < 1.29 is 19.4 Å². The Morgan fingerprint density at radius 1 is 1.47 bits per heavy atom. The molecular formula is C12H14FNO3. The number of halogens is 1. The monoisotopic (exact) mass is 239 g/mol. The minimum atomic E-state index is -1.26. The second-order valence-corrected chi connectivity index (χ2v) is 4.42. The molecule has 0 saturated carbocycles. The number of β-amino-alcohol motifs (C(OH)–C–C–N with tert-alkyl or cyclic N) is 1. The number of carbonyl (C=O) groups is 1. The van der Waals surface area contributed by atoms with Gasteiger partial charge in [0.1, 0.15) is 5.82 Å². The van der Waals surface area contributed by atoms with Gasteiger partial charge in [-0.3, -0.25) is 4.79 Å². The summed E-state index contributed by atoms with van der Waals surface area (Å²) in [5.41, 5.74) is -0.845. The predicted octanol–water partition coefficient (Wildman–Crippen LogP) is 1.24. The van der Waals surface area contributed by atoms with Crippen molar-refractivity contribution in [2.24, 2.45) is 0 Å². The zero-order valence-electron chi connectivity index (χ0n) is 9.27. The van der Waals surface area contributed by atoms with Gasteiger partial charge in [0.2, 0.25) is 0 Å². The number of benzene rings is 1. The Hall–Kier alpha value is -1.62. The number of aliphatic hydroxyl groups is 1. The molecule has 0 aliphatic carbocycles. The molecule has 1 fully saturated rings. The van der Waals surface area contributed by atoms with Gasteiger partial charge in [0, 0.05) is 13.1 Å². The predicted molar refractivity (Wildman–Crippen MR) is 60.4 cm³/mol. The molecule has 1 unspecified atom stereocenters. The zero-order valence-corrected chi connectivity index (χ0v) is 9.27. The van der Waals surface area contributed by atoms with Gasteiger partial charge in [0.25, 0.3) is 0 Å². The van der Waals surface area contributed by atoms with Gasteiger partial charge in [-0.25, -0.2) is 4.39 Å². The first-order chi connectivity index (χ1) is 8.00. The first-order valence-corrected chi connectivity index (χ1v) is 5.44. The number of carboxylic acids is 1. The minimum Gasteiger partial charge on any atom is -0.481 e. The maximum absolute atomic E-state index is 13.5. The van der Waals surface area contributed by atoms with Gasteiger partial charge in [-0.15, -0.1) is 0 Å². The van der Waals surface area contributed by atoms with Gasteiger partial charge in [-0.05, 0) is 18.6 Å². The molecule has 1 aliphatic heterocycles. The number of carboxylic acid groups (broad SMARTS) is 1. The van der Waals surface area contributed by atoms with Crippen molar-refractivity contribution >= 4 is 11.7 Å². The maximum atomic E-state index is 13.5. The van der Waals surface area contributed by atoms with E-state index in [0.29, 0.717) is 18.7 Å². The second kappa shape index (κ2) is 4.33. The highest BCUT2D eigenvalue weighted by Crippen LogP contribution is 2.30. The lowest BCUT2D eigenvalue weighted by atomic mass is 9.99. The summed E-state index contributed by atoms with van der Waals surface area (Å²) in [6.45, 7) is 0.616. The van der Waals surface area contributed by atoms with Crippen LogP contribution >= 0.6 is 0 Å². The molecule has 1 heterocycles. The van der Waals surface area contributed by atoms with Gasteiger partial charge in [-0.2, -0.15) is 0 Å². The van der Waals surface area contributed by atoms with Crippen molar-refractivity contribution in [3.8, 4) is 0 Å². The molecule has 1 aromatic rings. The van der Waals surface area contributed by atoms with Crippen molar-refractivity contribution in [1.29, 1.82) is 0 Å². The van der Waals surface area contributed by atoms with Crippen molar-refractivity contribution in [1.82, 2.24) is 0 Å². The highest BCUT2D eigenvalue weighted by molar-refractivity contribution is 5.68. The summed E-state index contributed by atoms with van der Waals surface area (Å²) in [4.78, 5) is 12.3. The van der Waals surface area contributed by atoms with Gasteiger partial charge >= 0.3 is 5.97 Å². The molecule has 17 heavy (non-hydrogen) atoms. The van der Waals surface area contributed by atoms with Crippen LogP contribution in [0.3, 0.4) is 0 Å². The molecule has 1 aliphatic rings. The summed E-state index contributed by atoms with van der Waals surface area (Å²) >= 11 is 0. The average Bonchev–Trinajstić information content (AvgIpc) is 2.60. The van der Waals surface area contributed by atoms with Gasteiger partial charge in [0.05, 0.1) is 17.7 Å². The molecule has 2 rings (SSSR count). The zero-order chi connectivity index (χ0) is 12.5. The molecule has 0 radical (unpaired) electrons. The number of anilines is 1. The van der Waals surface area contributed by atoms with Crippen molar-refractivity contribution in [3.63, 3.8) is 0 Å². The van der Waals surface area contributed by atoms with E-state index in [-0.39, 0.29) is 18.8 Å². The Kier molecular flexibility index (Phi) is 3.02. The summed E-state index contributed by atoms with van der Waals surface area (Å²) in [5, 5.41) is 18.7. The summed E-state index contributed by atoms with van der Waals surface area (Å²) in [6, 6.07) is 6.29. The third-order valence-electron chi connectivity index (χ3n) is 3.01. The molecule has 0 amide bonds. The van der Waals surface area contributed by atoms with Crippen molar-refractivity contribution in [3.05, 3.63) is 30.1 Å². The van der Waals surface area contributed by atoms with Gasteiger partial charge < -0.3 is 15.1 Å². The van der Waals surface area contributed by atoms with Crippen LogP contribution in [0, 0.1) is 5.82 Å². The Morgan fingerprint density at radius 3 is 2.82 bits per heavy atom. The number of hydrogen-bond acceptors (Lipinski definition) is 3. The Bertz CT molecular complexity index is 438. The first kappa shape index (κ1) is 11.9. The molecule has 0 spiro atoms. The quantitative estimate of drug-likeness (QED) is 0.833. The van der Waals surface area contributed by atoms with Crippen LogP contribution in [0.4, 0.5) is 10.1 Å². The summed E-state index contributed by atoms with van der Waals surface area (Å²) in [5.74, 6) is -1.39. The van der Waals surface area contributed by atoms with E-state index in [4.69, 9.17) is 5.11 Å². The number of para-hydroxylation sites is 1. The molecule has 1 aromatic carbocycles. The van der Waals surface area contributed by atoms with Crippen LogP contribution in [-0.4, -0.2) is 34.9 Å².